The number of amides is 1. The van der Waals surface area contributed by atoms with Crippen LogP contribution in [0.4, 0.5) is 5.69 Å². The van der Waals surface area contributed by atoms with Gasteiger partial charge < -0.3 is 19.6 Å². The molecule has 27 heavy (non-hydrogen) atoms. The Morgan fingerprint density at radius 2 is 1.96 bits per heavy atom. The number of phenols is 1. The van der Waals surface area contributed by atoms with Gasteiger partial charge in [0.2, 0.25) is 0 Å². The van der Waals surface area contributed by atoms with Crippen molar-refractivity contribution in [3.8, 4) is 5.75 Å². The van der Waals surface area contributed by atoms with Gasteiger partial charge in [0.15, 0.2) is 0 Å². The average Bonchev–Trinajstić information content (AvgIpc) is 3.16. The van der Waals surface area contributed by atoms with Crippen LogP contribution >= 0.6 is 11.6 Å². The largest absolute Gasteiger partial charge is 0.507 e. The fourth-order valence-corrected chi connectivity index (χ4v) is 3.40. The molecule has 0 aliphatic carbocycles. The van der Waals surface area contributed by atoms with Crippen LogP contribution in [-0.4, -0.2) is 49.3 Å². The average molecular weight is 389 g/mol. The number of halogens is 1. The molecule has 2 aromatic rings. The number of nitrogens with zero attached hydrogens (tertiary/aromatic N) is 2. The van der Waals surface area contributed by atoms with Gasteiger partial charge in [0.1, 0.15) is 5.75 Å². The zero-order valence-corrected chi connectivity index (χ0v) is 16.4. The number of hydrogen-bond acceptors (Lipinski definition) is 4. The Morgan fingerprint density at radius 1 is 1.22 bits per heavy atom. The first-order valence-corrected chi connectivity index (χ1v) is 9.47. The third-order valence-corrected chi connectivity index (χ3v) is 4.99. The summed E-state index contributed by atoms with van der Waals surface area (Å²) in [4.78, 5) is 16.9. The molecule has 1 heterocycles. The molecule has 5 nitrogen and oxygen atoms in total. The van der Waals surface area contributed by atoms with Crippen molar-refractivity contribution < 1.29 is 14.6 Å². The first-order chi connectivity index (χ1) is 12.9. The lowest BCUT2D eigenvalue weighted by atomic mass is 10.1. The molecule has 1 fully saturated rings. The van der Waals surface area contributed by atoms with E-state index < -0.39 is 0 Å². The summed E-state index contributed by atoms with van der Waals surface area (Å²) in [5, 5.41) is 10.6. The van der Waals surface area contributed by atoms with Crippen molar-refractivity contribution in [1.82, 2.24) is 4.90 Å². The van der Waals surface area contributed by atoms with Crippen molar-refractivity contribution in [2.24, 2.45) is 0 Å². The Morgan fingerprint density at radius 3 is 2.59 bits per heavy atom. The molecule has 0 unspecified atom stereocenters. The lowest BCUT2D eigenvalue weighted by Crippen LogP contribution is -2.37. The van der Waals surface area contributed by atoms with Gasteiger partial charge in [0.25, 0.3) is 5.91 Å². The van der Waals surface area contributed by atoms with E-state index in [1.807, 2.05) is 43.3 Å². The quantitative estimate of drug-likeness (QED) is 0.814. The normalized spacial score (nSPS) is 16.3. The van der Waals surface area contributed by atoms with Crippen LogP contribution in [0.3, 0.4) is 0 Å². The zero-order valence-electron chi connectivity index (χ0n) is 15.7. The molecule has 1 aliphatic rings. The van der Waals surface area contributed by atoms with Gasteiger partial charge in [-0.25, -0.2) is 0 Å². The lowest BCUT2D eigenvalue weighted by Gasteiger charge is -2.26. The summed E-state index contributed by atoms with van der Waals surface area (Å²) in [6, 6.07) is 12.6. The zero-order chi connectivity index (χ0) is 19.4. The van der Waals surface area contributed by atoms with Gasteiger partial charge in [-0.3, -0.25) is 4.79 Å². The summed E-state index contributed by atoms with van der Waals surface area (Å²) < 4.78 is 5.72. The number of phenolic OH excluding ortho intramolecular Hbond substituents is 1. The Labute approximate surface area is 165 Å². The predicted molar refractivity (Wildman–Crippen MR) is 108 cm³/mol. The molecule has 0 spiro atoms. The van der Waals surface area contributed by atoms with E-state index in [2.05, 4.69) is 0 Å². The van der Waals surface area contributed by atoms with Gasteiger partial charge in [-0.2, -0.15) is 0 Å². The maximum absolute atomic E-state index is 13.1. The molecular weight excluding hydrogens is 364 g/mol. The van der Waals surface area contributed by atoms with Gasteiger partial charge >= 0.3 is 0 Å². The Hall–Kier alpha value is -2.24. The number of anilines is 1. The van der Waals surface area contributed by atoms with Crippen molar-refractivity contribution in [2.75, 3.05) is 32.1 Å². The molecule has 1 saturated heterocycles. The number of rotatable bonds is 6. The maximum Gasteiger partial charge on any atom is 0.258 e. The summed E-state index contributed by atoms with van der Waals surface area (Å²) in [6.45, 7) is 1.66. The van der Waals surface area contributed by atoms with Crippen LogP contribution in [0.25, 0.3) is 0 Å². The Kier molecular flexibility index (Phi) is 6.24. The van der Waals surface area contributed by atoms with Crippen LogP contribution in [-0.2, 0) is 11.3 Å². The third kappa shape index (κ3) is 4.93. The molecule has 1 amide bonds. The highest BCUT2D eigenvalue weighted by Gasteiger charge is 2.25. The predicted octanol–water partition coefficient (Wildman–Crippen LogP) is 3.93. The van der Waals surface area contributed by atoms with E-state index in [0.29, 0.717) is 18.1 Å². The smallest absolute Gasteiger partial charge is 0.258 e. The molecule has 0 radical (unpaired) electrons. The molecule has 3 rings (SSSR count). The van der Waals surface area contributed by atoms with Crippen molar-refractivity contribution >= 4 is 23.2 Å². The highest BCUT2D eigenvalue weighted by molar-refractivity contribution is 6.31. The van der Waals surface area contributed by atoms with E-state index in [0.717, 1.165) is 30.7 Å². The van der Waals surface area contributed by atoms with Gasteiger partial charge in [0, 0.05) is 44.5 Å². The first-order valence-electron chi connectivity index (χ1n) is 9.09. The summed E-state index contributed by atoms with van der Waals surface area (Å²) >= 11 is 6.03. The van der Waals surface area contributed by atoms with Gasteiger partial charge in [-0.05, 0) is 48.7 Å². The van der Waals surface area contributed by atoms with Crippen LogP contribution in [0.5, 0.6) is 5.75 Å². The number of aromatic hydroxyl groups is 1. The summed E-state index contributed by atoms with van der Waals surface area (Å²) in [6.07, 6.45) is 1.97. The van der Waals surface area contributed by atoms with Crippen molar-refractivity contribution in [3.63, 3.8) is 0 Å². The van der Waals surface area contributed by atoms with E-state index in [1.165, 1.54) is 12.1 Å². The van der Waals surface area contributed by atoms with Crippen LogP contribution in [0.1, 0.15) is 28.8 Å². The topological polar surface area (TPSA) is 53.0 Å². The molecule has 2 aromatic carbocycles. The van der Waals surface area contributed by atoms with Crippen molar-refractivity contribution in [1.29, 1.82) is 0 Å². The minimum atomic E-state index is -0.248. The summed E-state index contributed by atoms with van der Waals surface area (Å²) in [5.74, 6) is -0.313. The Bertz CT molecular complexity index is 787. The molecule has 0 bridgehead atoms. The highest BCUT2D eigenvalue weighted by Crippen LogP contribution is 2.25. The number of carbonyl (C=O) groups is 1. The highest BCUT2D eigenvalue weighted by atomic mass is 35.5. The van der Waals surface area contributed by atoms with Gasteiger partial charge in [-0.15, -0.1) is 0 Å². The lowest BCUT2D eigenvalue weighted by molar-refractivity contribution is 0.0505. The SMILES string of the molecule is CN(C)c1ccc(CN(C[C@H]2CCCO2)C(=O)c2cc(Cl)ccc2O)cc1. The second-order valence-electron chi connectivity index (χ2n) is 7.04. The van der Waals surface area contributed by atoms with Crippen LogP contribution in [0, 0.1) is 0 Å². The molecule has 1 aliphatic heterocycles. The third-order valence-electron chi connectivity index (χ3n) is 4.75. The van der Waals surface area contributed by atoms with E-state index in [9.17, 15) is 9.90 Å². The Balaban J connectivity index is 1.83. The van der Waals surface area contributed by atoms with E-state index in [-0.39, 0.29) is 23.3 Å². The monoisotopic (exact) mass is 388 g/mol. The van der Waals surface area contributed by atoms with E-state index >= 15 is 0 Å². The number of ether oxygens (including phenoxy) is 1. The van der Waals surface area contributed by atoms with Crippen LogP contribution in [0.2, 0.25) is 5.02 Å². The second kappa shape index (κ2) is 8.63. The second-order valence-corrected chi connectivity index (χ2v) is 7.48. The standard InChI is InChI=1S/C21H25ClN2O3/c1-23(2)17-8-5-15(6-9-17)13-24(14-18-4-3-11-27-18)21(26)19-12-16(22)7-10-20(19)25/h5-10,12,18,25H,3-4,11,13-14H2,1-2H3/t18-/m1/s1. The molecular formula is C21H25ClN2O3. The molecule has 144 valence electrons. The van der Waals surface area contributed by atoms with E-state index in [1.54, 1.807) is 11.0 Å². The number of carbonyl (C=O) groups excluding carboxylic acids is 1. The van der Waals surface area contributed by atoms with Crippen molar-refractivity contribution in [3.05, 3.63) is 58.6 Å². The van der Waals surface area contributed by atoms with Gasteiger partial charge in [0.05, 0.1) is 11.7 Å². The minimum absolute atomic E-state index is 0.0244. The van der Waals surface area contributed by atoms with Crippen LogP contribution < -0.4 is 4.90 Å². The first kappa shape index (κ1) is 19.5. The minimum Gasteiger partial charge on any atom is -0.507 e. The van der Waals surface area contributed by atoms with E-state index in [4.69, 9.17) is 16.3 Å². The molecule has 0 aromatic heterocycles. The molecule has 1 atom stereocenters. The molecule has 6 heteroatoms. The fraction of sp³-hybridized carbons (Fsp3) is 0.381. The van der Waals surface area contributed by atoms with Gasteiger partial charge in [-0.1, -0.05) is 23.7 Å². The molecule has 1 N–H and O–H groups in total. The van der Waals surface area contributed by atoms with Crippen molar-refractivity contribution in [2.45, 2.75) is 25.5 Å². The number of hydrogen-bond donors (Lipinski definition) is 1. The summed E-state index contributed by atoms with van der Waals surface area (Å²) in [5.41, 5.74) is 2.34. The fourth-order valence-electron chi connectivity index (χ4n) is 3.22. The molecule has 0 saturated carbocycles. The number of benzene rings is 2. The van der Waals surface area contributed by atoms with Crippen LogP contribution in [0.15, 0.2) is 42.5 Å². The maximum atomic E-state index is 13.1. The summed E-state index contributed by atoms with van der Waals surface area (Å²) in [7, 11) is 3.98.